The first kappa shape index (κ1) is 14.2. The lowest BCUT2D eigenvalue weighted by molar-refractivity contribution is 0.0998. The summed E-state index contributed by atoms with van der Waals surface area (Å²) in [5, 5.41) is 10.6. The van der Waals surface area contributed by atoms with Crippen LogP contribution in [0.15, 0.2) is 36.4 Å². The molecule has 0 aliphatic carbocycles. The van der Waals surface area contributed by atoms with Crippen LogP contribution in [0.1, 0.15) is 10.4 Å². The second-order valence-corrected chi connectivity index (χ2v) is 5.03. The van der Waals surface area contributed by atoms with E-state index in [0.29, 0.717) is 16.1 Å². The molecule has 0 saturated heterocycles. The normalized spacial score (nSPS) is 10.3. The van der Waals surface area contributed by atoms with Crippen LogP contribution in [0.2, 0.25) is 5.02 Å². The zero-order chi connectivity index (χ0) is 14.9. The van der Waals surface area contributed by atoms with Gasteiger partial charge in [-0.15, -0.1) is 0 Å². The van der Waals surface area contributed by atoms with Crippen molar-refractivity contribution in [3.05, 3.63) is 47.0 Å². The van der Waals surface area contributed by atoms with Crippen LogP contribution in [-0.4, -0.2) is 25.1 Å². The van der Waals surface area contributed by atoms with E-state index in [4.69, 9.17) is 17.3 Å². The number of hydrogen-bond acceptors (Lipinski definition) is 3. The van der Waals surface area contributed by atoms with Gasteiger partial charge in [0, 0.05) is 30.9 Å². The average molecular weight is 291 g/mol. The van der Waals surface area contributed by atoms with Crippen molar-refractivity contribution >= 4 is 23.2 Å². The fourth-order valence-corrected chi connectivity index (χ4v) is 2.24. The molecule has 0 heterocycles. The van der Waals surface area contributed by atoms with E-state index in [1.54, 1.807) is 24.3 Å². The molecule has 1 amide bonds. The number of phenols is 1. The number of rotatable bonds is 3. The van der Waals surface area contributed by atoms with Crippen molar-refractivity contribution in [2.45, 2.75) is 0 Å². The quantitative estimate of drug-likeness (QED) is 0.913. The number of aromatic hydroxyl groups is 1. The number of nitrogens with two attached hydrogens (primary N) is 1. The van der Waals surface area contributed by atoms with E-state index in [-0.39, 0.29) is 11.3 Å². The van der Waals surface area contributed by atoms with Crippen LogP contribution >= 0.6 is 11.6 Å². The molecule has 4 nitrogen and oxygen atoms in total. The van der Waals surface area contributed by atoms with Gasteiger partial charge >= 0.3 is 0 Å². The molecule has 0 spiro atoms. The Balaban J connectivity index is 2.58. The molecule has 0 radical (unpaired) electrons. The summed E-state index contributed by atoms with van der Waals surface area (Å²) in [7, 11) is 3.83. The maximum absolute atomic E-state index is 11.3. The number of carbonyl (C=O) groups excluding carboxylic acids is 1. The van der Waals surface area contributed by atoms with Gasteiger partial charge in [-0.05, 0) is 18.2 Å². The molecule has 3 N–H and O–H groups in total. The molecule has 0 atom stereocenters. The van der Waals surface area contributed by atoms with Crippen molar-refractivity contribution in [3.63, 3.8) is 0 Å². The van der Waals surface area contributed by atoms with Crippen molar-refractivity contribution in [2.24, 2.45) is 5.73 Å². The Morgan fingerprint density at radius 1 is 1.20 bits per heavy atom. The highest BCUT2D eigenvalue weighted by molar-refractivity contribution is 6.33. The van der Waals surface area contributed by atoms with Gasteiger partial charge in [0.25, 0.3) is 5.91 Å². The van der Waals surface area contributed by atoms with Crippen LogP contribution in [0, 0.1) is 0 Å². The first-order chi connectivity index (χ1) is 9.41. The third-order valence-corrected chi connectivity index (χ3v) is 3.37. The Kier molecular flexibility index (Phi) is 3.86. The van der Waals surface area contributed by atoms with Gasteiger partial charge in [0.15, 0.2) is 0 Å². The van der Waals surface area contributed by atoms with Crippen LogP contribution in [0.25, 0.3) is 11.1 Å². The van der Waals surface area contributed by atoms with Crippen molar-refractivity contribution < 1.29 is 9.90 Å². The Bertz CT molecular complexity index is 669. The Hall–Kier alpha value is -2.20. The maximum Gasteiger partial charge on any atom is 0.252 e. The molecule has 104 valence electrons. The van der Waals surface area contributed by atoms with Gasteiger partial charge in [0.1, 0.15) is 5.75 Å². The fourth-order valence-electron chi connectivity index (χ4n) is 1.96. The van der Waals surface area contributed by atoms with Gasteiger partial charge in [-0.3, -0.25) is 4.79 Å². The lowest BCUT2D eigenvalue weighted by Gasteiger charge is -2.15. The minimum Gasteiger partial charge on any atom is -0.506 e. The van der Waals surface area contributed by atoms with Gasteiger partial charge in [-0.2, -0.15) is 0 Å². The van der Waals surface area contributed by atoms with Crippen LogP contribution in [0.3, 0.4) is 0 Å². The van der Waals surface area contributed by atoms with Gasteiger partial charge in [-0.25, -0.2) is 0 Å². The molecule has 20 heavy (non-hydrogen) atoms. The van der Waals surface area contributed by atoms with E-state index in [9.17, 15) is 9.90 Å². The van der Waals surface area contributed by atoms with E-state index in [1.807, 2.05) is 25.1 Å². The predicted octanol–water partition coefficient (Wildman–Crippen LogP) is 2.88. The predicted molar refractivity (Wildman–Crippen MR) is 81.4 cm³/mol. The molecule has 0 unspecified atom stereocenters. The van der Waals surface area contributed by atoms with E-state index in [0.717, 1.165) is 5.69 Å². The zero-order valence-corrected chi connectivity index (χ0v) is 12.0. The minimum absolute atomic E-state index is 0.0789. The highest BCUT2D eigenvalue weighted by atomic mass is 35.5. The smallest absolute Gasteiger partial charge is 0.252 e. The van der Waals surface area contributed by atoms with Crippen molar-refractivity contribution in [3.8, 4) is 16.9 Å². The molecular weight excluding hydrogens is 276 g/mol. The summed E-state index contributed by atoms with van der Waals surface area (Å²) in [6, 6.07) is 10.3. The monoisotopic (exact) mass is 290 g/mol. The maximum atomic E-state index is 11.3. The largest absolute Gasteiger partial charge is 0.506 e. The Morgan fingerprint density at radius 2 is 1.90 bits per heavy atom. The van der Waals surface area contributed by atoms with Gasteiger partial charge < -0.3 is 15.7 Å². The van der Waals surface area contributed by atoms with Crippen molar-refractivity contribution in [1.82, 2.24) is 0 Å². The summed E-state index contributed by atoms with van der Waals surface area (Å²) < 4.78 is 0. The molecule has 2 aromatic rings. The van der Waals surface area contributed by atoms with E-state index in [2.05, 4.69) is 0 Å². The number of primary amides is 1. The van der Waals surface area contributed by atoms with Crippen LogP contribution < -0.4 is 10.6 Å². The molecule has 0 aliphatic heterocycles. The highest BCUT2D eigenvalue weighted by Gasteiger charge is 2.15. The van der Waals surface area contributed by atoms with Crippen molar-refractivity contribution in [1.29, 1.82) is 0 Å². The highest BCUT2D eigenvalue weighted by Crippen LogP contribution is 2.37. The number of amides is 1. The molecular formula is C15H15ClN2O2. The summed E-state index contributed by atoms with van der Waals surface area (Å²) in [6.45, 7) is 0. The Labute approximate surface area is 122 Å². The summed E-state index contributed by atoms with van der Waals surface area (Å²) in [6.07, 6.45) is 0. The van der Waals surface area contributed by atoms with E-state index < -0.39 is 5.91 Å². The number of anilines is 1. The van der Waals surface area contributed by atoms with Gasteiger partial charge in [0.2, 0.25) is 0 Å². The second kappa shape index (κ2) is 5.43. The van der Waals surface area contributed by atoms with Crippen LogP contribution in [-0.2, 0) is 0 Å². The fraction of sp³-hybridized carbons (Fsp3) is 0.133. The van der Waals surface area contributed by atoms with Crippen molar-refractivity contribution in [2.75, 3.05) is 19.0 Å². The van der Waals surface area contributed by atoms with Crippen LogP contribution in [0.4, 0.5) is 5.69 Å². The summed E-state index contributed by atoms with van der Waals surface area (Å²) in [5.74, 6) is -0.829. The number of hydrogen-bond donors (Lipinski definition) is 2. The molecule has 2 rings (SSSR count). The number of benzene rings is 2. The van der Waals surface area contributed by atoms with Crippen LogP contribution in [0.5, 0.6) is 5.75 Å². The molecule has 0 fully saturated rings. The summed E-state index contributed by atoms with van der Waals surface area (Å²) >= 11 is 6.26. The zero-order valence-electron chi connectivity index (χ0n) is 11.2. The molecule has 0 saturated carbocycles. The summed E-state index contributed by atoms with van der Waals surface area (Å²) in [4.78, 5) is 13.2. The van der Waals surface area contributed by atoms with Gasteiger partial charge in [0.05, 0.1) is 10.6 Å². The first-order valence-corrected chi connectivity index (χ1v) is 6.38. The number of carbonyl (C=O) groups is 1. The van der Waals surface area contributed by atoms with E-state index in [1.165, 1.54) is 6.07 Å². The standard InChI is InChI=1S/C15H15ClN2O2/c1-18(2)9-6-7-10(13(16)8-9)11-4-3-5-12(14(11)19)15(17)20/h3-8,19H,1-2H3,(H2,17,20). The third kappa shape index (κ3) is 2.56. The lowest BCUT2D eigenvalue weighted by atomic mass is 10.0. The molecule has 0 aromatic heterocycles. The third-order valence-electron chi connectivity index (χ3n) is 3.06. The SMILES string of the molecule is CN(C)c1ccc(-c2cccc(C(N)=O)c2O)c(Cl)c1. The second-order valence-electron chi connectivity index (χ2n) is 4.62. The first-order valence-electron chi connectivity index (χ1n) is 6.01. The van der Waals surface area contributed by atoms with Gasteiger partial charge in [-0.1, -0.05) is 29.8 Å². The molecule has 0 bridgehead atoms. The average Bonchev–Trinajstić information content (AvgIpc) is 2.39. The molecule has 5 heteroatoms. The number of para-hydroxylation sites is 1. The van der Waals surface area contributed by atoms with E-state index >= 15 is 0 Å². The number of nitrogens with zero attached hydrogens (tertiary/aromatic N) is 1. The molecule has 0 aliphatic rings. The lowest BCUT2D eigenvalue weighted by Crippen LogP contribution is -2.11. The molecule has 2 aromatic carbocycles. The summed E-state index contributed by atoms with van der Waals surface area (Å²) in [5.41, 5.74) is 7.39. The number of halogens is 1. The minimum atomic E-state index is -0.676. The topological polar surface area (TPSA) is 66.6 Å². The Morgan fingerprint density at radius 3 is 2.45 bits per heavy atom.